The fraction of sp³-hybridized carbons (Fsp3) is 0.250. The predicted octanol–water partition coefficient (Wildman–Crippen LogP) is 4.76. The van der Waals surface area contributed by atoms with Crippen molar-refractivity contribution in [1.82, 2.24) is 4.90 Å². The summed E-state index contributed by atoms with van der Waals surface area (Å²) in [7, 11) is 1.74. The fourth-order valence-corrected chi connectivity index (χ4v) is 3.78. The number of rotatable bonds is 5. The number of benzene rings is 3. The van der Waals surface area contributed by atoms with Crippen molar-refractivity contribution in [3.05, 3.63) is 108 Å². The van der Waals surface area contributed by atoms with Crippen LogP contribution in [0.3, 0.4) is 0 Å². The molecule has 0 radical (unpaired) electrons. The zero-order valence-electron chi connectivity index (χ0n) is 15.6. The smallest absolute Gasteiger partial charge is 0.208 e. The summed E-state index contributed by atoms with van der Waals surface area (Å²) in [6.07, 6.45) is -0.0520. The molecule has 0 saturated carbocycles. The van der Waals surface area contributed by atoms with Crippen molar-refractivity contribution in [3.63, 3.8) is 0 Å². The summed E-state index contributed by atoms with van der Waals surface area (Å²) < 4.78 is 12.6. The van der Waals surface area contributed by atoms with Crippen molar-refractivity contribution < 1.29 is 9.47 Å². The first-order chi connectivity index (χ1) is 13.3. The molecule has 2 atom stereocenters. The van der Waals surface area contributed by atoms with Gasteiger partial charge in [0.1, 0.15) is 0 Å². The van der Waals surface area contributed by atoms with Crippen LogP contribution in [0, 0.1) is 0 Å². The summed E-state index contributed by atoms with van der Waals surface area (Å²) in [4.78, 5) is 2.42. The highest BCUT2D eigenvalue weighted by Gasteiger charge is 2.43. The number of ether oxygens (including phenoxy) is 2. The van der Waals surface area contributed by atoms with E-state index < -0.39 is 5.79 Å². The highest BCUT2D eigenvalue weighted by atomic mass is 16.7. The largest absolute Gasteiger partial charge is 0.348 e. The van der Waals surface area contributed by atoms with E-state index in [1.165, 1.54) is 11.1 Å². The Morgan fingerprint density at radius 3 is 2.11 bits per heavy atom. The molecule has 0 amide bonds. The zero-order chi connectivity index (χ0) is 18.5. The summed E-state index contributed by atoms with van der Waals surface area (Å²) >= 11 is 0. The topological polar surface area (TPSA) is 21.7 Å². The number of hydrogen-bond donors (Lipinski definition) is 0. The van der Waals surface area contributed by atoms with Crippen molar-refractivity contribution in [1.29, 1.82) is 0 Å². The minimum Gasteiger partial charge on any atom is -0.348 e. The molecule has 3 heteroatoms. The standard InChI is InChI=1S/C24H25NO2/c1-26-24(22-15-9-4-10-16-22)19-25(17-20-11-5-2-6-12-20)18-23(27-24)21-13-7-3-8-14-21/h2-16,23H,17-19H2,1H3/t23-,24-/m1/s1. The molecule has 0 spiro atoms. The average molecular weight is 359 g/mol. The Balaban J connectivity index is 1.68. The van der Waals surface area contributed by atoms with Crippen LogP contribution in [-0.4, -0.2) is 25.1 Å². The lowest BCUT2D eigenvalue weighted by molar-refractivity contribution is -0.294. The molecule has 1 aliphatic heterocycles. The van der Waals surface area contributed by atoms with Crippen molar-refractivity contribution in [3.8, 4) is 0 Å². The maximum Gasteiger partial charge on any atom is 0.208 e. The van der Waals surface area contributed by atoms with E-state index in [0.29, 0.717) is 6.54 Å². The monoisotopic (exact) mass is 359 g/mol. The van der Waals surface area contributed by atoms with Crippen molar-refractivity contribution in [2.24, 2.45) is 0 Å². The van der Waals surface area contributed by atoms with E-state index in [-0.39, 0.29) is 6.10 Å². The minimum atomic E-state index is -0.783. The molecule has 0 aromatic heterocycles. The molecule has 0 N–H and O–H groups in total. The molecule has 0 unspecified atom stereocenters. The van der Waals surface area contributed by atoms with Crippen LogP contribution in [0.15, 0.2) is 91.0 Å². The molecule has 0 bridgehead atoms. The second-order valence-corrected chi connectivity index (χ2v) is 7.00. The quantitative estimate of drug-likeness (QED) is 0.656. The molecule has 3 aromatic carbocycles. The predicted molar refractivity (Wildman–Crippen MR) is 107 cm³/mol. The van der Waals surface area contributed by atoms with Gasteiger partial charge >= 0.3 is 0 Å². The van der Waals surface area contributed by atoms with Crippen molar-refractivity contribution >= 4 is 0 Å². The second kappa shape index (κ2) is 8.05. The van der Waals surface area contributed by atoms with E-state index >= 15 is 0 Å². The average Bonchev–Trinajstić information content (AvgIpc) is 2.75. The zero-order valence-corrected chi connectivity index (χ0v) is 15.6. The normalized spacial score (nSPS) is 23.2. The van der Waals surface area contributed by atoms with Gasteiger partial charge in [-0.3, -0.25) is 4.90 Å². The molecule has 1 heterocycles. The third-order valence-electron chi connectivity index (χ3n) is 5.15. The van der Waals surface area contributed by atoms with E-state index in [2.05, 4.69) is 71.6 Å². The van der Waals surface area contributed by atoms with Crippen molar-refractivity contribution in [2.45, 2.75) is 18.4 Å². The van der Waals surface area contributed by atoms with E-state index in [0.717, 1.165) is 18.7 Å². The van der Waals surface area contributed by atoms with Gasteiger partial charge in [0.05, 0.1) is 12.6 Å². The Morgan fingerprint density at radius 2 is 1.48 bits per heavy atom. The third kappa shape index (κ3) is 3.96. The fourth-order valence-electron chi connectivity index (χ4n) is 3.78. The molecule has 138 valence electrons. The van der Waals surface area contributed by atoms with Crippen LogP contribution >= 0.6 is 0 Å². The SMILES string of the molecule is CO[C@]1(c2ccccc2)CN(Cc2ccccc2)C[C@H](c2ccccc2)O1. The first kappa shape index (κ1) is 17.9. The molecule has 27 heavy (non-hydrogen) atoms. The van der Waals surface area contributed by atoms with Gasteiger partial charge in [0, 0.05) is 25.8 Å². The molecular weight excluding hydrogens is 334 g/mol. The van der Waals surface area contributed by atoms with Crippen LogP contribution < -0.4 is 0 Å². The van der Waals surface area contributed by atoms with Gasteiger partial charge in [0.2, 0.25) is 5.79 Å². The third-order valence-corrected chi connectivity index (χ3v) is 5.15. The summed E-state index contributed by atoms with van der Waals surface area (Å²) in [6.45, 7) is 2.38. The maximum atomic E-state index is 6.60. The lowest BCUT2D eigenvalue weighted by Gasteiger charge is -2.45. The molecule has 1 aliphatic rings. The summed E-state index contributed by atoms with van der Waals surface area (Å²) in [6, 6.07) is 31.2. The van der Waals surface area contributed by atoms with Gasteiger partial charge in [-0.25, -0.2) is 0 Å². The molecule has 3 nitrogen and oxygen atoms in total. The first-order valence-corrected chi connectivity index (χ1v) is 9.39. The van der Waals surface area contributed by atoms with Gasteiger partial charge in [-0.2, -0.15) is 0 Å². The van der Waals surface area contributed by atoms with Gasteiger partial charge < -0.3 is 9.47 Å². The Morgan fingerprint density at radius 1 is 0.889 bits per heavy atom. The molecule has 3 aromatic rings. The molecule has 0 aliphatic carbocycles. The molecular formula is C24H25NO2. The number of nitrogens with zero attached hydrogens (tertiary/aromatic N) is 1. The molecule has 1 saturated heterocycles. The van der Waals surface area contributed by atoms with E-state index in [4.69, 9.17) is 9.47 Å². The van der Waals surface area contributed by atoms with Gasteiger partial charge in [-0.1, -0.05) is 91.0 Å². The lowest BCUT2D eigenvalue weighted by atomic mass is 9.99. The first-order valence-electron chi connectivity index (χ1n) is 9.39. The van der Waals surface area contributed by atoms with Crippen LogP contribution in [0.1, 0.15) is 22.8 Å². The Bertz CT molecular complexity index is 838. The molecule has 4 rings (SSSR count). The van der Waals surface area contributed by atoms with Crippen molar-refractivity contribution in [2.75, 3.05) is 20.2 Å². The van der Waals surface area contributed by atoms with E-state index in [1.807, 2.05) is 24.3 Å². The number of hydrogen-bond acceptors (Lipinski definition) is 3. The molecule has 1 fully saturated rings. The summed E-state index contributed by atoms with van der Waals surface area (Å²) in [5.74, 6) is -0.783. The van der Waals surface area contributed by atoms with Crippen LogP contribution in [0.5, 0.6) is 0 Å². The van der Waals surface area contributed by atoms with Gasteiger partial charge in [0.25, 0.3) is 0 Å². The summed E-state index contributed by atoms with van der Waals surface area (Å²) in [5.41, 5.74) is 3.52. The van der Waals surface area contributed by atoms with Crippen LogP contribution in [0.25, 0.3) is 0 Å². The lowest BCUT2D eigenvalue weighted by Crippen LogP contribution is -2.51. The highest BCUT2D eigenvalue weighted by molar-refractivity contribution is 5.25. The van der Waals surface area contributed by atoms with Gasteiger partial charge in [0.15, 0.2) is 0 Å². The van der Waals surface area contributed by atoms with Gasteiger partial charge in [-0.15, -0.1) is 0 Å². The number of morpholine rings is 1. The van der Waals surface area contributed by atoms with Crippen LogP contribution in [-0.2, 0) is 21.8 Å². The van der Waals surface area contributed by atoms with Crippen LogP contribution in [0.4, 0.5) is 0 Å². The minimum absolute atomic E-state index is 0.0520. The van der Waals surface area contributed by atoms with Crippen LogP contribution in [0.2, 0.25) is 0 Å². The second-order valence-electron chi connectivity index (χ2n) is 7.00. The van der Waals surface area contributed by atoms with Gasteiger partial charge in [-0.05, 0) is 11.1 Å². The van der Waals surface area contributed by atoms with E-state index in [1.54, 1.807) is 7.11 Å². The maximum absolute atomic E-state index is 6.60. The Labute approximate surface area is 161 Å². The summed E-state index contributed by atoms with van der Waals surface area (Å²) in [5, 5.41) is 0. The Kier molecular flexibility index (Phi) is 5.35. The van der Waals surface area contributed by atoms with E-state index in [9.17, 15) is 0 Å². The number of methoxy groups -OCH3 is 1. The Hall–Kier alpha value is -2.46. The highest BCUT2D eigenvalue weighted by Crippen LogP contribution is 2.39.